The van der Waals surface area contributed by atoms with Crippen LogP contribution in [0, 0.1) is 0 Å². The molecule has 0 fully saturated rings. The van der Waals surface area contributed by atoms with E-state index in [2.05, 4.69) is 25.7 Å². The van der Waals surface area contributed by atoms with Crippen LogP contribution in [0.25, 0.3) is 0 Å². The second-order valence-corrected chi connectivity index (χ2v) is 11.2. The fourth-order valence-electron chi connectivity index (χ4n) is 1.000. The van der Waals surface area contributed by atoms with Gasteiger partial charge in [0.15, 0.2) is 6.29 Å². The van der Waals surface area contributed by atoms with E-state index in [1.165, 1.54) is 4.50 Å². The summed E-state index contributed by atoms with van der Waals surface area (Å²) in [6, 6.07) is 2.19. The summed E-state index contributed by atoms with van der Waals surface area (Å²) in [5, 5.41) is 0. The van der Waals surface area contributed by atoms with Crippen molar-refractivity contribution < 1.29 is 4.79 Å². The van der Waals surface area contributed by atoms with Gasteiger partial charge in [0.25, 0.3) is 0 Å². The minimum absolute atomic E-state index is 0.893. The highest BCUT2D eigenvalue weighted by Gasteiger charge is 2.20. The third-order valence-electron chi connectivity index (χ3n) is 1.79. The van der Waals surface area contributed by atoms with Crippen molar-refractivity contribution in [2.75, 3.05) is 6.26 Å². The molecule has 72 valence electrons. The average Bonchev–Trinajstić information content (AvgIpc) is 2.45. The molecular weight excluding hydrogens is 216 g/mol. The van der Waals surface area contributed by atoms with E-state index in [0.29, 0.717) is 0 Å². The first-order chi connectivity index (χ1) is 5.99. The molecule has 0 saturated heterocycles. The number of thiophene rings is 1. The lowest BCUT2D eigenvalue weighted by atomic mass is 10.5. The van der Waals surface area contributed by atoms with Crippen molar-refractivity contribution in [3.8, 4) is 0 Å². The molecule has 0 aliphatic rings. The summed E-state index contributed by atoms with van der Waals surface area (Å²) in [4.78, 5) is 12.8. The lowest BCUT2D eigenvalue weighted by Gasteiger charge is -2.11. The summed E-state index contributed by atoms with van der Waals surface area (Å²) >= 11 is 3.32. The highest BCUT2D eigenvalue weighted by atomic mass is 32.2. The van der Waals surface area contributed by atoms with E-state index in [1.54, 1.807) is 23.1 Å². The Morgan fingerprint density at radius 1 is 1.46 bits per heavy atom. The van der Waals surface area contributed by atoms with E-state index in [4.69, 9.17) is 0 Å². The Balaban J connectivity index is 3.14. The summed E-state index contributed by atoms with van der Waals surface area (Å²) in [5.74, 6) is 0. The third-order valence-corrected chi connectivity index (χ3v) is 7.34. The normalized spacial score (nSPS) is 11.7. The van der Waals surface area contributed by atoms with Gasteiger partial charge in [0, 0.05) is 4.90 Å². The molecule has 0 N–H and O–H groups in total. The maximum absolute atomic E-state index is 10.7. The first-order valence-electron chi connectivity index (χ1n) is 4.12. The molecule has 0 aromatic carbocycles. The van der Waals surface area contributed by atoms with Gasteiger partial charge in [0.05, 0.1) is 13.0 Å². The van der Waals surface area contributed by atoms with E-state index in [1.807, 2.05) is 6.26 Å². The van der Waals surface area contributed by atoms with Gasteiger partial charge < -0.3 is 0 Å². The number of hydrogen-bond acceptors (Lipinski definition) is 3. The van der Waals surface area contributed by atoms with Crippen molar-refractivity contribution >= 4 is 42.0 Å². The number of aldehydes is 1. The van der Waals surface area contributed by atoms with E-state index < -0.39 is 8.07 Å². The topological polar surface area (TPSA) is 17.1 Å². The Morgan fingerprint density at radius 2 is 2.08 bits per heavy atom. The maximum atomic E-state index is 10.7. The Labute approximate surface area is 88.6 Å². The molecule has 0 bridgehead atoms. The van der Waals surface area contributed by atoms with Crippen LogP contribution in [0.3, 0.4) is 0 Å². The van der Waals surface area contributed by atoms with Crippen LogP contribution in [-0.4, -0.2) is 20.6 Å². The van der Waals surface area contributed by atoms with Crippen LogP contribution in [0.4, 0.5) is 0 Å². The number of carbonyl (C=O) groups excluding carboxylic acids is 1. The van der Waals surface area contributed by atoms with E-state index >= 15 is 0 Å². The summed E-state index contributed by atoms with van der Waals surface area (Å²) in [7, 11) is -1.23. The van der Waals surface area contributed by atoms with Gasteiger partial charge in [0.1, 0.15) is 0 Å². The van der Waals surface area contributed by atoms with E-state index in [0.717, 1.165) is 16.1 Å². The molecule has 0 spiro atoms. The second-order valence-electron chi connectivity index (χ2n) is 3.91. The quantitative estimate of drug-likeness (QED) is 0.451. The maximum Gasteiger partial charge on any atom is 0.161 e. The highest BCUT2D eigenvalue weighted by Crippen LogP contribution is 2.24. The molecule has 0 radical (unpaired) electrons. The first kappa shape index (κ1) is 11.0. The van der Waals surface area contributed by atoms with Gasteiger partial charge in [-0.05, 0) is 16.8 Å². The summed E-state index contributed by atoms with van der Waals surface area (Å²) < 4.78 is 1.42. The summed E-state index contributed by atoms with van der Waals surface area (Å²) in [6.07, 6.45) is 2.99. The average molecular weight is 230 g/mol. The van der Waals surface area contributed by atoms with Crippen LogP contribution in [0.2, 0.25) is 19.6 Å². The van der Waals surface area contributed by atoms with Gasteiger partial charge in [0.2, 0.25) is 0 Å². The Kier molecular flexibility index (Phi) is 3.37. The number of rotatable bonds is 3. The van der Waals surface area contributed by atoms with E-state index in [-0.39, 0.29) is 0 Å². The predicted molar refractivity (Wildman–Crippen MR) is 64.5 cm³/mol. The molecule has 13 heavy (non-hydrogen) atoms. The Hall–Kier alpha value is -0.0631. The zero-order valence-electron chi connectivity index (χ0n) is 8.38. The molecule has 4 heteroatoms. The van der Waals surface area contributed by atoms with Crippen LogP contribution in [-0.2, 0) is 0 Å². The minimum atomic E-state index is -1.23. The van der Waals surface area contributed by atoms with Gasteiger partial charge in [-0.25, -0.2) is 0 Å². The number of thioether (sulfide) groups is 1. The zero-order chi connectivity index (χ0) is 10.1. The fraction of sp³-hybridized carbons (Fsp3) is 0.444. The highest BCUT2D eigenvalue weighted by molar-refractivity contribution is 7.98. The molecular formula is C9H14OS2Si. The molecule has 0 amide bonds. The molecule has 0 saturated carbocycles. The monoisotopic (exact) mass is 230 g/mol. The predicted octanol–water partition coefficient (Wildman–Crippen LogP) is 2.83. The van der Waals surface area contributed by atoms with Gasteiger partial charge in [-0.2, -0.15) is 0 Å². The molecule has 1 heterocycles. The van der Waals surface area contributed by atoms with Crippen LogP contribution in [0.1, 0.15) is 9.67 Å². The van der Waals surface area contributed by atoms with Crippen molar-refractivity contribution in [1.82, 2.24) is 0 Å². The molecule has 0 atom stereocenters. The van der Waals surface area contributed by atoms with Gasteiger partial charge in [-0.15, -0.1) is 23.1 Å². The number of carbonyl (C=O) groups is 1. The zero-order valence-corrected chi connectivity index (χ0v) is 11.0. The smallest absolute Gasteiger partial charge is 0.161 e. The molecule has 1 aromatic rings. The largest absolute Gasteiger partial charge is 0.297 e. The van der Waals surface area contributed by atoms with Gasteiger partial charge >= 0.3 is 0 Å². The standard InChI is InChI=1S/C9H14OS2Si/c1-11-7-5-9(13(2,3)4)12-8(7)6-10/h5-6H,1-4H3. The molecule has 0 unspecified atom stereocenters. The van der Waals surface area contributed by atoms with Crippen molar-refractivity contribution in [2.24, 2.45) is 0 Å². The SMILES string of the molecule is CSc1cc([Si](C)(C)C)sc1C=O. The lowest BCUT2D eigenvalue weighted by Crippen LogP contribution is -2.34. The molecule has 1 rings (SSSR count). The van der Waals surface area contributed by atoms with E-state index in [9.17, 15) is 4.79 Å². The molecule has 0 aliphatic heterocycles. The third kappa shape index (κ3) is 2.45. The summed E-state index contributed by atoms with van der Waals surface area (Å²) in [6.45, 7) is 6.91. The van der Waals surface area contributed by atoms with Crippen molar-refractivity contribution in [3.05, 3.63) is 10.9 Å². The van der Waals surface area contributed by atoms with Crippen LogP contribution < -0.4 is 4.50 Å². The van der Waals surface area contributed by atoms with Crippen LogP contribution in [0.15, 0.2) is 11.0 Å². The number of hydrogen-bond donors (Lipinski definition) is 0. The molecule has 1 nitrogen and oxygen atoms in total. The minimum Gasteiger partial charge on any atom is -0.297 e. The van der Waals surface area contributed by atoms with Crippen LogP contribution in [0.5, 0.6) is 0 Å². The molecule has 1 aromatic heterocycles. The van der Waals surface area contributed by atoms with Gasteiger partial charge in [-0.3, -0.25) is 4.79 Å². The lowest BCUT2D eigenvalue weighted by molar-refractivity contribution is 0.112. The molecule has 0 aliphatic carbocycles. The van der Waals surface area contributed by atoms with Crippen molar-refractivity contribution in [1.29, 1.82) is 0 Å². The summed E-state index contributed by atoms with van der Waals surface area (Å²) in [5.41, 5.74) is 0. The Morgan fingerprint density at radius 3 is 2.38 bits per heavy atom. The van der Waals surface area contributed by atoms with Crippen molar-refractivity contribution in [2.45, 2.75) is 24.5 Å². The van der Waals surface area contributed by atoms with Crippen LogP contribution >= 0.6 is 23.1 Å². The fourth-order valence-corrected chi connectivity index (χ4v) is 4.79. The van der Waals surface area contributed by atoms with Gasteiger partial charge in [-0.1, -0.05) is 19.6 Å². The van der Waals surface area contributed by atoms with Crippen molar-refractivity contribution in [3.63, 3.8) is 0 Å². The Bertz CT molecular complexity index is 312. The first-order valence-corrected chi connectivity index (χ1v) is 9.66. The second kappa shape index (κ2) is 3.98.